The van der Waals surface area contributed by atoms with E-state index in [1.807, 2.05) is 30.2 Å². The number of fused-ring (bicyclic) bond motifs is 2. The van der Waals surface area contributed by atoms with Gasteiger partial charge in [-0.1, -0.05) is 0 Å². The maximum absolute atomic E-state index is 12.6. The van der Waals surface area contributed by atoms with Gasteiger partial charge in [0.25, 0.3) is 5.91 Å². The van der Waals surface area contributed by atoms with Gasteiger partial charge in [-0.05, 0) is 31.4 Å². The van der Waals surface area contributed by atoms with Crippen molar-refractivity contribution >= 4 is 17.8 Å². The van der Waals surface area contributed by atoms with E-state index in [0.717, 1.165) is 30.7 Å². The Morgan fingerprint density at radius 1 is 1.38 bits per heavy atom. The molecule has 1 saturated heterocycles. The molecule has 0 aromatic heterocycles. The van der Waals surface area contributed by atoms with E-state index in [1.54, 1.807) is 7.11 Å². The van der Waals surface area contributed by atoms with Gasteiger partial charge in [0.05, 0.1) is 23.9 Å². The van der Waals surface area contributed by atoms with Gasteiger partial charge in [0.1, 0.15) is 12.4 Å². The van der Waals surface area contributed by atoms with Crippen LogP contribution in [0.15, 0.2) is 17.1 Å². The monoisotopic (exact) mass is 288 g/mol. The third-order valence-electron chi connectivity index (χ3n) is 4.01. The van der Waals surface area contributed by atoms with E-state index in [1.165, 1.54) is 0 Å². The normalized spacial score (nSPS) is 20.2. The van der Waals surface area contributed by atoms with Crippen molar-refractivity contribution in [3.05, 3.63) is 23.3 Å². The van der Waals surface area contributed by atoms with Crippen molar-refractivity contribution in [1.82, 2.24) is 4.90 Å². The summed E-state index contributed by atoms with van der Waals surface area (Å²) in [6.45, 7) is 3.79. The van der Waals surface area contributed by atoms with Gasteiger partial charge < -0.3 is 14.4 Å². The Morgan fingerprint density at radius 3 is 3.05 bits per heavy atom. The average molecular weight is 288 g/mol. The molecule has 1 aromatic carbocycles. The van der Waals surface area contributed by atoms with Gasteiger partial charge in [-0.25, -0.2) is 0 Å². The van der Waals surface area contributed by atoms with E-state index in [2.05, 4.69) is 4.99 Å². The minimum atomic E-state index is 0.0801. The molecule has 0 saturated carbocycles. The topological polar surface area (TPSA) is 51.1 Å². The molecule has 5 heteroatoms. The van der Waals surface area contributed by atoms with Crippen LogP contribution in [-0.4, -0.2) is 49.9 Å². The van der Waals surface area contributed by atoms with Crippen LogP contribution in [0.4, 0.5) is 5.69 Å². The van der Waals surface area contributed by atoms with Crippen LogP contribution in [0.3, 0.4) is 0 Å². The smallest absolute Gasteiger partial charge is 0.256 e. The third-order valence-corrected chi connectivity index (χ3v) is 4.01. The number of carbonyl (C=O) groups excluding carboxylic acids is 1. The first-order valence-corrected chi connectivity index (χ1v) is 7.32. The van der Waals surface area contributed by atoms with Gasteiger partial charge in [-0.15, -0.1) is 0 Å². The zero-order chi connectivity index (χ0) is 14.8. The standard InChI is InChI=1S/C16H20N2O3/c1-11-8-13-14(9-15(11)21-7-6-20-2)17-10-12-4-3-5-18(12)16(13)19/h8-10,12H,3-7H2,1-2H3/t12-/m0/s1. The third kappa shape index (κ3) is 2.65. The number of amides is 1. The number of hydrogen-bond acceptors (Lipinski definition) is 4. The maximum Gasteiger partial charge on any atom is 0.256 e. The summed E-state index contributed by atoms with van der Waals surface area (Å²) in [5.41, 5.74) is 2.32. The number of ether oxygens (including phenoxy) is 2. The second-order valence-electron chi connectivity index (χ2n) is 5.46. The molecule has 1 amide bonds. The highest BCUT2D eigenvalue weighted by atomic mass is 16.5. The largest absolute Gasteiger partial charge is 0.491 e. The molecule has 2 aliphatic rings. The van der Waals surface area contributed by atoms with Gasteiger partial charge in [0, 0.05) is 25.9 Å². The number of benzene rings is 1. The van der Waals surface area contributed by atoms with Crippen molar-refractivity contribution < 1.29 is 14.3 Å². The minimum Gasteiger partial charge on any atom is -0.491 e. The lowest BCUT2D eigenvalue weighted by Crippen LogP contribution is -2.35. The van der Waals surface area contributed by atoms with Crippen molar-refractivity contribution in [3.63, 3.8) is 0 Å². The molecule has 21 heavy (non-hydrogen) atoms. The van der Waals surface area contributed by atoms with E-state index in [-0.39, 0.29) is 11.9 Å². The Kier molecular flexibility index (Phi) is 3.92. The van der Waals surface area contributed by atoms with Gasteiger partial charge in [-0.2, -0.15) is 0 Å². The number of carbonyl (C=O) groups is 1. The van der Waals surface area contributed by atoms with Crippen molar-refractivity contribution in [3.8, 4) is 5.75 Å². The number of rotatable bonds is 4. The molecular formula is C16H20N2O3. The van der Waals surface area contributed by atoms with E-state index in [9.17, 15) is 4.79 Å². The Bertz CT molecular complexity index is 583. The molecule has 0 bridgehead atoms. The maximum atomic E-state index is 12.6. The molecule has 2 heterocycles. The highest BCUT2D eigenvalue weighted by molar-refractivity contribution is 6.03. The lowest BCUT2D eigenvalue weighted by molar-refractivity contribution is 0.0774. The average Bonchev–Trinajstić information content (AvgIpc) is 2.90. The molecule has 1 fully saturated rings. The molecular weight excluding hydrogens is 268 g/mol. The Labute approximate surface area is 124 Å². The Hall–Kier alpha value is -1.88. The summed E-state index contributed by atoms with van der Waals surface area (Å²) >= 11 is 0. The lowest BCUT2D eigenvalue weighted by atomic mass is 10.1. The number of nitrogens with zero attached hydrogens (tertiary/aromatic N) is 2. The van der Waals surface area contributed by atoms with Crippen LogP contribution in [0.25, 0.3) is 0 Å². The first kappa shape index (κ1) is 14.1. The van der Waals surface area contributed by atoms with E-state index in [0.29, 0.717) is 24.5 Å². The van der Waals surface area contributed by atoms with Crippen LogP contribution in [0.2, 0.25) is 0 Å². The van der Waals surface area contributed by atoms with Gasteiger partial charge in [0.15, 0.2) is 0 Å². The zero-order valence-electron chi connectivity index (χ0n) is 12.5. The summed E-state index contributed by atoms with van der Waals surface area (Å²) in [5.74, 6) is 0.842. The van der Waals surface area contributed by atoms with Gasteiger partial charge >= 0.3 is 0 Å². The second-order valence-corrected chi connectivity index (χ2v) is 5.46. The Morgan fingerprint density at radius 2 is 2.24 bits per heavy atom. The highest BCUT2D eigenvalue weighted by Gasteiger charge is 2.31. The SMILES string of the molecule is COCCOc1cc2c(cc1C)C(=O)N1CCC[C@H]1C=N2. The molecule has 0 radical (unpaired) electrons. The Balaban J connectivity index is 1.92. The molecule has 0 spiro atoms. The van der Waals surface area contributed by atoms with Crippen LogP contribution < -0.4 is 4.74 Å². The van der Waals surface area contributed by atoms with Gasteiger partial charge in [-0.3, -0.25) is 9.79 Å². The summed E-state index contributed by atoms with van der Waals surface area (Å²) in [6, 6.07) is 3.89. The molecule has 1 atom stereocenters. The second kappa shape index (κ2) is 5.85. The van der Waals surface area contributed by atoms with Crippen molar-refractivity contribution in [2.45, 2.75) is 25.8 Å². The summed E-state index contributed by atoms with van der Waals surface area (Å²) in [6.07, 6.45) is 3.94. The minimum absolute atomic E-state index is 0.0801. The first-order chi connectivity index (χ1) is 10.2. The quantitative estimate of drug-likeness (QED) is 0.799. The fourth-order valence-corrected chi connectivity index (χ4v) is 2.87. The molecule has 1 aromatic rings. The molecule has 0 aliphatic carbocycles. The summed E-state index contributed by atoms with van der Waals surface area (Å²) in [4.78, 5) is 19.1. The first-order valence-electron chi connectivity index (χ1n) is 7.32. The number of hydrogen-bond donors (Lipinski definition) is 0. The van der Waals surface area contributed by atoms with Crippen LogP contribution in [0.5, 0.6) is 5.75 Å². The number of aliphatic imine (C=N–C) groups is 1. The van der Waals surface area contributed by atoms with Crippen LogP contribution in [-0.2, 0) is 4.74 Å². The van der Waals surface area contributed by atoms with E-state index < -0.39 is 0 Å². The van der Waals surface area contributed by atoms with Gasteiger partial charge in [0.2, 0.25) is 0 Å². The molecule has 2 aliphatic heterocycles. The highest BCUT2D eigenvalue weighted by Crippen LogP contribution is 2.33. The van der Waals surface area contributed by atoms with E-state index in [4.69, 9.17) is 9.47 Å². The predicted molar refractivity (Wildman–Crippen MR) is 80.8 cm³/mol. The van der Waals surface area contributed by atoms with E-state index >= 15 is 0 Å². The molecule has 0 unspecified atom stereocenters. The summed E-state index contributed by atoms with van der Waals surface area (Å²) < 4.78 is 10.7. The summed E-state index contributed by atoms with van der Waals surface area (Å²) in [7, 11) is 1.64. The molecule has 5 nitrogen and oxygen atoms in total. The number of aryl methyl sites for hydroxylation is 1. The van der Waals surface area contributed by atoms with Crippen LogP contribution in [0.1, 0.15) is 28.8 Å². The number of methoxy groups -OCH3 is 1. The zero-order valence-corrected chi connectivity index (χ0v) is 12.5. The fourth-order valence-electron chi connectivity index (χ4n) is 2.87. The lowest BCUT2D eigenvalue weighted by Gasteiger charge is -2.20. The van der Waals surface area contributed by atoms with Crippen LogP contribution in [0, 0.1) is 6.92 Å². The van der Waals surface area contributed by atoms with Crippen molar-refractivity contribution in [2.24, 2.45) is 4.99 Å². The van der Waals surface area contributed by atoms with Crippen molar-refractivity contribution in [1.29, 1.82) is 0 Å². The molecule has 0 N–H and O–H groups in total. The van der Waals surface area contributed by atoms with Crippen LogP contribution >= 0.6 is 0 Å². The molecule has 112 valence electrons. The molecule has 3 rings (SSSR count). The fraction of sp³-hybridized carbons (Fsp3) is 0.500. The van der Waals surface area contributed by atoms with Crippen molar-refractivity contribution in [2.75, 3.05) is 26.9 Å². The predicted octanol–water partition coefficient (Wildman–Crippen LogP) is 2.34. The summed E-state index contributed by atoms with van der Waals surface area (Å²) in [5, 5.41) is 0.